The molecule has 0 aromatic heterocycles. The number of aryl methyl sites for hydroxylation is 1. The second-order valence-corrected chi connectivity index (χ2v) is 10.8. The third kappa shape index (κ3) is 3.25. The van der Waals surface area contributed by atoms with E-state index in [1.807, 2.05) is 12.1 Å². The molecule has 0 amide bonds. The highest BCUT2D eigenvalue weighted by atomic mass is 28.4. The van der Waals surface area contributed by atoms with E-state index in [9.17, 15) is 0 Å². The third-order valence-electron chi connectivity index (χ3n) is 3.64. The first kappa shape index (κ1) is 14.1. The Hall–Kier alpha value is -0.963. The Balaban J connectivity index is 3.06. The minimum absolute atomic E-state index is 0.211. The van der Waals surface area contributed by atoms with Crippen LogP contribution in [-0.2, 0) is 6.42 Å². The van der Waals surface area contributed by atoms with E-state index in [1.54, 1.807) is 0 Å². The van der Waals surface area contributed by atoms with E-state index in [0.29, 0.717) is 0 Å². The molecule has 96 valence electrons. The molecule has 2 N–H and O–H groups in total. The monoisotopic (exact) mass is 251 g/mol. The molecule has 0 saturated heterocycles. The van der Waals surface area contributed by atoms with Crippen molar-refractivity contribution in [3.05, 3.63) is 23.8 Å². The molecule has 0 aliphatic carbocycles. The summed E-state index contributed by atoms with van der Waals surface area (Å²) in [4.78, 5) is 0. The van der Waals surface area contributed by atoms with Crippen LogP contribution in [0.2, 0.25) is 18.1 Å². The summed E-state index contributed by atoms with van der Waals surface area (Å²) in [6.07, 6.45) is 0.976. The molecule has 0 spiro atoms. The maximum atomic E-state index is 6.33. The molecule has 0 aliphatic heterocycles. The third-order valence-corrected chi connectivity index (χ3v) is 7.99. The number of nitrogen functional groups attached to an aromatic ring is 1. The van der Waals surface area contributed by atoms with Gasteiger partial charge in [-0.3, -0.25) is 0 Å². The van der Waals surface area contributed by atoms with Gasteiger partial charge in [0, 0.05) is 11.8 Å². The van der Waals surface area contributed by atoms with Crippen molar-refractivity contribution in [2.45, 2.75) is 52.2 Å². The Bertz CT molecular complexity index is 394. The number of rotatable bonds is 3. The normalized spacial score (nSPS) is 12.6. The van der Waals surface area contributed by atoms with Gasteiger partial charge in [0.1, 0.15) is 5.75 Å². The van der Waals surface area contributed by atoms with Gasteiger partial charge in [-0.05, 0) is 36.2 Å². The molecule has 0 aliphatic rings. The predicted octanol–water partition coefficient (Wildman–Crippen LogP) is 4.22. The van der Waals surface area contributed by atoms with E-state index in [-0.39, 0.29) is 5.04 Å². The number of hydrogen-bond donors (Lipinski definition) is 1. The maximum Gasteiger partial charge on any atom is 0.250 e. The van der Waals surface area contributed by atoms with Gasteiger partial charge < -0.3 is 10.2 Å². The fourth-order valence-electron chi connectivity index (χ4n) is 1.39. The van der Waals surface area contributed by atoms with Gasteiger partial charge in [0.05, 0.1) is 0 Å². The summed E-state index contributed by atoms with van der Waals surface area (Å²) < 4.78 is 6.33. The largest absolute Gasteiger partial charge is 0.543 e. The van der Waals surface area contributed by atoms with E-state index in [1.165, 1.54) is 5.56 Å². The van der Waals surface area contributed by atoms with Gasteiger partial charge in [-0.2, -0.15) is 0 Å². The van der Waals surface area contributed by atoms with Gasteiger partial charge in [-0.1, -0.05) is 33.8 Å². The topological polar surface area (TPSA) is 35.2 Å². The summed E-state index contributed by atoms with van der Waals surface area (Å²) in [7, 11) is -1.77. The van der Waals surface area contributed by atoms with E-state index < -0.39 is 8.32 Å². The molecule has 1 rings (SSSR count). The van der Waals surface area contributed by atoms with Crippen LogP contribution in [0.3, 0.4) is 0 Å². The summed E-state index contributed by atoms with van der Waals surface area (Å²) in [6, 6.07) is 5.97. The maximum absolute atomic E-state index is 6.33. The minimum atomic E-state index is -1.77. The Morgan fingerprint density at radius 1 is 1.24 bits per heavy atom. The molecular weight excluding hydrogens is 226 g/mol. The Labute approximate surface area is 106 Å². The first-order chi connectivity index (χ1) is 7.67. The molecule has 2 nitrogen and oxygen atoms in total. The molecule has 1 aromatic carbocycles. The Morgan fingerprint density at radius 3 is 2.29 bits per heavy atom. The average Bonchev–Trinajstić information content (AvgIpc) is 2.15. The molecule has 0 saturated carbocycles. The van der Waals surface area contributed by atoms with Gasteiger partial charge in [0.2, 0.25) is 8.32 Å². The van der Waals surface area contributed by atoms with Gasteiger partial charge in [-0.25, -0.2) is 0 Å². The van der Waals surface area contributed by atoms with Crippen LogP contribution in [0.4, 0.5) is 5.69 Å². The van der Waals surface area contributed by atoms with Crippen LogP contribution in [0, 0.1) is 0 Å². The fourth-order valence-corrected chi connectivity index (χ4v) is 2.43. The molecule has 1 aromatic rings. The van der Waals surface area contributed by atoms with Crippen LogP contribution in [0.1, 0.15) is 33.3 Å². The quantitative estimate of drug-likeness (QED) is 0.645. The molecule has 0 unspecified atom stereocenters. The lowest BCUT2D eigenvalue weighted by molar-refractivity contribution is 0.488. The van der Waals surface area contributed by atoms with Gasteiger partial charge in [0.15, 0.2) is 0 Å². The highest BCUT2D eigenvalue weighted by Gasteiger charge is 2.39. The summed E-state index contributed by atoms with van der Waals surface area (Å²) in [5.41, 5.74) is 7.86. The van der Waals surface area contributed by atoms with Crippen LogP contribution >= 0.6 is 0 Å². The number of anilines is 1. The van der Waals surface area contributed by atoms with Crippen LogP contribution in [0.15, 0.2) is 18.2 Å². The second kappa shape index (κ2) is 4.73. The zero-order chi connectivity index (χ0) is 13.3. The molecular formula is C14H25NOSi. The summed E-state index contributed by atoms with van der Waals surface area (Å²) in [5, 5.41) is 0.211. The lowest BCUT2D eigenvalue weighted by Gasteiger charge is -2.37. The van der Waals surface area contributed by atoms with Crippen molar-refractivity contribution < 1.29 is 4.43 Å². The van der Waals surface area contributed by atoms with Crippen molar-refractivity contribution in [3.8, 4) is 5.75 Å². The van der Waals surface area contributed by atoms with Crippen molar-refractivity contribution in [1.82, 2.24) is 0 Å². The molecule has 17 heavy (non-hydrogen) atoms. The van der Waals surface area contributed by atoms with Crippen molar-refractivity contribution in [2.75, 3.05) is 5.73 Å². The second-order valence-electron chi connectivity index (χ2n) is 6.08. The smallest absolute Gasteiger partial charge is 0.250 e. The number of benzene rings is 1. The molecule has 0 radical (unpaired) electrons. The van der Waals surface area contributed by atoms with E-state index in [2.05, 4.69) is 46.9 Å². The zero-order valence-electron chi connectivity index (χ0n) is 11.9. The van der Waals surface area contributed by atoms with Crippen molar-refractivity contribution in [3.63, 3.8) is 0 Å². The summed E-state index contributed by atoms with van der Waals surface area (Å²) >= 11 is 0. The molecule has 0 heterocycles. The molecule has 0 bridgehead atoms. The van der Waals surface area contributed by atoms with Gasteiger partial charge in [-0.15, -0.1) is 0 Å². The minimum Gasteiger partial charge on any atom is -0.543 e. The van der Waals surface area contributed by atoms with Crippen LogP contribution in [-0.4, -0.2) is 8.32 Å². The molecule has 0 atom stereocenters. The van der Waals surface area contributed by atoms with Gasteiger partial charge in [0.25, 0.3) is 0 Å². The molecule has 0 fully saturated rings. The predicted molar refractivity (Wildman–Crippen MR) is 78.1 cm³/mol. The Kier molecular flexibility index (Phi) is 3.92. The number of nitrogens with two attached hydrogens (primary N) is 1. The summed E-state index contributed by atoms with van der Waals surface area (Å²) in [5.74, 6) is 0.971. The van der Waals surface area contributed by atoms with E-state index in [0.717, 1.165) is 17.9 Å². The van der Waals surface area contributed by atoms with E-state index in [4.69, 9.17) is 10.2 Å². The highest BCUT2D eigenvalue weighted by Crippen LogP contribution is 2.38. The van der Waals surface area contributed by atoms with Crippen molar-refractivity contribution in [1.29, 1.82) is 0 Å². The summed E-state index contributed by atoms with van der Waals surface area (Å²) in [6.45, 7) is 13.4. The standard InChI is InChI=1S/C14H25NOSi/c1-7-11-8-9-12(15)10-13(11)16-17(5,6)14(2,3)4/h8-10H,7,15H2,1-6H3. The fraction of sp³-hybridized carbons (Fsp3) is 0.571. The SMILES string of the molecule is CCc1ccc(N)cc1O[Si](C)(C)C(C)(C)C. The van der Waals surface area contributed by atoms with Crippen LogP contribution in [0.5, 0.6) is 5.75 Å². The number of hydrogen-bond acceptors (Lipinski definition) is 2. The Morgan fingerprint density at radius 2 is 1.82 bits per heavy atom. The van der Waals surface area contributed by atoms with Crippen LogP contribution < -0.4 is 10.2 Å². The average molecular weight is 251 g/mol. The van der Waals surface area contributed by atoms with Gasteiger partial charge >= 0.3 is 0 Å². The first-order valence-electron chi connectivity index (χ1n) is 6.25. The first-order valence-corrected chi connectivity index (χ1v) is 9.15. The van der Waals surface area contributed by atoms with Crippen LogP contribution in [0.25, 0.3) is 0 Å². The molecule has 3 heteroatoms. The lowest BCUT2D eigenvalue weighted by atomic mass is 10.1. The lowest BCUT2D eigenvalue weighted by Crippen LogP contribution is -2.44. The highest BCUT2D eigenvalue weighted by molar-refractivity contribution is 6.74. The van der Waals surface area contributed by atoms with Crippen molar-refractivity contribution in [2.24, 2.45) is 0 Å². The zero-order valence-corrected chi connectivity index (χ0v) is 12.9. The van der Waals surface area contributed by atoms with Crippen molar-refractivity contribution >= 4 is 14.0 Å². The van der Waals surface area contributed by atoms with E-state index >= 15 is 0 Å².